The van der Waals surface area contributed by atoms with Crippen molar-refractivity contribution in [2.45, 2.75) is 36.8 Å². The predicted octanol–water partition coefficient (Wildman–Crippen LogP) is 5.16. The summed E-state index contributed by atoms with van der Waals surface area (Å²) in [6.07, 6.45) is -0.773. The molecular weight excluding hydrogens is 638 g/mol. The highest BCUT2D eigenvalue weighted by atomic mass is 32.2. The lowest BCUT2D eigenvalue weighted by Gasteiger charge is -2.31. The quantitative estimate of drug-likeness (QED) is 0.0834. The number of carbonyl (C=O) groups is 2. The molecule has 0 aliphatic heterocycles. The third kappa shape index (κ3) is 10.3. The molecule has 10 nitrogen and oxygen atoms in total. The number of thioether (sulfide) groups is 1. The lowest BCUT2D eigenvalue weighted by atomic mass is 9.82. The van der Waals surface area contributed by atoms with Crippen molar-refractivity contribution in [1.29, 1.82) is 0 Å². The number of pyridine rings is 1. The third-order valence-electron chi connectivity index (χ3n) is 6.96. The van der Waals surface area contributed by atoms with Crippen LogP contribution in [0.2, 0.25) is 0 Å². The van der Waals surface area contributed by atoms with Gasteiger partial charge in [-0.05, 0) is 56.1 Å². The van der Waals surface area contributed by atoms with Crippen LogP contribution in [0.15, 0.2) is 46.7 Å². The molecule has 0 bridgehead atoms. The first-order valence-electron chi connectivity index (χ1n) is 14.2. The molecule has 1 fully saturated rings. The molecule has 0 radical (unpaired) electrons. The number of aromatic nitrogens is 3. The standard InChI is InChI=1S/C31H33F4N7O2S.CH2O/c1-36-9-10-42(3)17-19-6-8-22(23(11-19)24-12-25(27(32)33)38-16-26(24)44-4)29(43)40-18-45-30-28(37-2)39-15-21(41-30)7-5-20-13-31(34,35)14-20;1-2/h6,8,11-12,15-16,20,27,36H,2,9-10,13-14,17-18H2,1,3-4H3,(H,40,43);1H2. The highest BCUT2D eigenvalue weighted by Crippen LogP contribution is 2.42. The normalized spacial score (nSPS) is 13.6. The topological polar surface area (TPSA) is 122 Å². The van der Waals surface area contributed by atoms with Crippen LogP contribution in [-0.2, 0) is 11.3 Å². The number of rotatable bonds is 13. The molecule has 47 heavy (non-hydrogen) atoms. The van der Waals surface area contributed by atoms with Gasteiger partial charge in [-0.1, -0.05) is 23.7 Å². The first-order chi connectivity index (χ1) is 22.5. The van der Waals surface area contributed by atoms with Crippen LogP contribution in [0.5, 0.6) is 5.75 Å². The predicted molar refractivity (Wildman–Crippen MR) is 173 cm³/mol. The summed E-state index contributed by atoms with van der Waals surface area (Å²) in [5.41, 5.74) is 1.66. The van der Waals surface area contributed by atoms with Crippen molar-refractivity contribution in [3.05, 3.63) is 59.2 Å². The summed E-state index contributed by atoms with van der Waals surface area (Å²) in [5.74, 6) is 2.55. The van der Waals surface area contributed by atoms with E-state index >= 15 is 0 Å². The van der Waals surface area contributed by atoms with Crippen molar-refractivity contribution in [2.24, 2.45) is 10.9 Å². The minimum atomic E-state index is -2.82. The van der Waals surface area contributed by atoms with Gasteiger partial charge in [0, 0.05) is 49.5 Å². The number of ether oxygens (including phenoxy) is 1. The molecule has 1 saturated carbocycles. The molecule has 0 spiro atoms. The Hall–Kier alpha value is -4.39. The Morgan fingerprint density at radius 3 is 2.60 bits per heavy atom. The zero-order valence-electron chi connectivity index (χ0n) is 26.2. The Labute approximate surface area is 274 Å². The van der Waals surface area contributed by atoms with Gasteiger partial charge in [0.05, 0.1) is 25.4 Å². The largest absolute Gasteiger partial charge is 0.494 e. The number of alkyl halides is 4. The second-order valence-corrected chi connectivity index (χ2v) is 11.4. The van der Waals surface area contributed by atoms with Gasteiger partial charge in [-0.2, -0.15) is 0 Å². The summed E-state index contributed by atoms with van der Waals surface area (Å²) in [6, 6.07) is 6.48. The molecule has 250 valence electrons. The molecule has 0 unspecified atom stereocenters. The Morgan fingerprint density at radius 1 is 1.21 bits per heavy atom. The Morgan fingerprint density at radius 2 is 1.96 bits per heavy atom. The van der Waals surface area contributed by atoms with Crippen LogP contribution in [0.25, 0.3) is 11.1 Å². The molecule has 2 heterocycles. The van der Waals surface area contributed by atoms with Crippen LogP contribution in [0, 0.1) is 17.8 Å². The van der Waals surface area contributed by atoms with Crippen LogP contribution in [-0.4, -0.2) is 85.4 Å². The molecule has 0 saturated heterocycles. The molecule has 1 aromatic carbocycles. The number of benzene rings is 1. The minimum Gasteiger partial charge on any atom is -0.494 e. The minimum absolute atomic E-state index is 0.0471. The number of amides is 1. The molecule has 1 aliphatic carbocycles. The number of methoxy groups -OCH3 is 1. The van der Waals surface area contributed by atoms with Crippen molar-refractivity contribution in [1.82, 2.24) is 30.5 Å². The molecular formula is C32H35F4N7O3S. The van der Waals surface area contributed by atoms with Crippen LogP contribution in [0.4, 0.5) is 23.4 Å². The summed E-state index contributed by atoms with van der Waals surface area (Å²) in [4.78, 5) is 39.8. The summed E-state index contributed by atoms with van der Waals surface area (Å²) in [6.45, 7) is 7.60. The number of hydrogen-bond donors (Lipinski definition) is 2. The van der Waals surface area contributed by atoms with Crippen molar-refractivity contribution >= 4 is 37.0 Å². The molecule has 3 aromatic rings. The number of aliphatic imine (C=N–C) groups is 1. The van der Waals surface area contributed by atoms with Gasteiger partial charge in [0.25, 0.3) is 18.3 Å². The maximum Gasteiger partial charge on any atom is 0.280 e. The molecule has 4 rings (SSSR count). The van der Waals surface area contributed by atoms with E-state index in [-0.39, 0.29) is 41.5 Å². The molecule has 1 aliphatic rings. The van der Waals surface area contributed by atoms with Crippen molar-refractivity contribution < 1.29 is 31.9 Å². The van der Waals surface area contributed by atoms with E-state index in [0.29, 0.717) is 22.7 Å². The second kappa shape index (κ2) is 17.5. The fourth-order valence-electron chi connectivity index (χ4n) is 4.59. The van der Waals surface area contributed by atoms with E-state index in [1.807, 2.05) is 27.0 Å². The molecule has 15 heteroatoms. The van der Waals surface area contributed by atoms with Gasteiger partial charge >= 0.3 is 0 Å². The Balaban J connectivity index is 0.00000294. The second-order valence-electron chi connectivity index (χ2n) is 10.4. The van der Waals surface area contributed by atoms with Gasteiger partial charge in [-0.3, -0.25) is 9.78 Å². The van der Waals surface area contributed by atoms with Crippen molar-refractivity contribution in [3.63, 3.8) is 0 Å². The number of hydrogen-bond acceptors (Lipinski definition) is 10. The zero-order valence-corrected chi connectivity index (χ0v) is 27.0. The highest BCUT2D eigenvalue weighted by molar-refractivity contribution is 7.99. The number of halogens is 4. The number of likely N-dealkylation sites (N-methyl/N-ethyl adjacent to an activating group) is 2. The SMILES string of the molecule is C=Nc1ncc(C#CC2CC(F)(F)C2)nc1SCNC(=O)c1ccc(CN(C)CCNC)cc1-c1cc(C(F)F)ncc1OC.C=O. The van der Waals surface area contributed by atoms with E-state index in [4.69, 9.17) is 9.53 Å². The number of nitrogens with zero attached hydrogens (tertiary/aromatic N) is 5. The van der Waals surface area contributed by atoms with Crippen LogP contribution in [0.1, 0.15) is 46.6 Å². The molecule has 1 amide bonds. The monoisotopic (exact) mass is 673 g/mol. The van der Waals surface area contributed by atoms with Gasteiger partial charge in [-0.15, -0.1) is 0 Å². The smallest absolute Gasteiger partial charge is 0.280 e. The maximum atomic E-state index is 13.6. The fraction of sp³-hybridized carbons (Fsp3) is 0.375. The lowest BCUT2D eigenvalue weighted by molar-refractivity contribution is -0.0981. The summed E-state index contributed by atoms with van der Waals surface area (Å²) >= 11 is 1.12. The van der Waals surface area contributed by atoms with Crippen molar-refractivity contribution in [3.8, 4) is 28.7 Å². The summed E-state index contributed by atoms with van der Waals surface area (Å²) in [7, 11) is 5.22. The number of nitrogens with one attached hydrogen (secondary N) is 2. The third-order valence-corrected chi connectivity index (χ3v) is 7.79. The number of carbonyl (C=O) groups excluding carboxylic acids is 2. The van der Waals surface area contributed by atoms with E-state index in [1.165, 1.54) is 25.6 Å². The van der Waals surface area contributed by atoms with Crippen molar-refractivity contribution in [2.75, 3.05) is 40.2 Å². The highest BCUT2D eigenvalue weighted by Gasteiger charge is 2.44. The van der Waals surface area contributed by atoms with Crippen LogP contribution < -0.4 is 15.4 Å². The van der Waals surface area contributed by atoms with E-state index in [2.05, 4.69) is 54.0 Å². The van der Waals surface area contributed by atoms with Crippen LogP contribution in [0.3, 0.4) is 0 Å². The Kier molecular flexibility index (Phi) is 13.8. The first kappa shape index (κ1) is 37.1. The van der Waals surface area contributed by atoms with Crippen LogP contribution >= 0.6 is 11.8 Å². The van der Waals surface area contributed by atoms with Gasteiger partial charge in [0.2, 0.25) is 0 Å². The van der Waals surface area contributed by atoms with Gasteiger partial charge < -0.3 is 25.1 Å². The van der Waals surface area contributed by atoms with Gasteiger partial charge in [0.1, 0.15) is 29.0 Å². The molecule has 2 aromatic heterocycles. The average Bonchev–Trinajstić information content (AvgIpc) is 3.05. The summed E-state index contributed by atoms with van der Waals surface area (Å²) < 4.78 is 58.9. The zero-order chi connectivity index (χ0) is 34.6. The van der Waals surface area contributed by atoms with Gasteiger partial charge in [-0.25, -0.2) is 32.5 Å². The maximum absolute atomic E-state index is 13.6. The average molecular weight is 674 g/mol. The first-order valence-corrected chi connectivity index (χ1v) is 15.2. The Bertz CT molecular complexity index is 1610. The lowest BCUT2D eigenvalue weighted by Crippen LogP contribution is -2.34. The summed E-state index contributed by atoms with van der Waals surface area (Å²) in [5, 5.41) is 6.26. The van der Waals surface area contributed by atoms with E-state index in [1.54, 1.807) is 12.1 Å². The fourth-order valence-corrected chi connectivity index (χ4v) is 5.34. The van der Waals surface area contributed by atoms with E-state index < -0.39 is 29.9 Å². The van der Waals surface area contributed by atoms with E-state index in [0.717, 1.165) is 30.4 Å². The van der Waals surface area contributed by atoms with E-state index in [9.17, 15) is 22.4 Å². The molecule has 0 atom stereocenters. The van der Waals surface area contributed by atoms with Gasteiger partial charge in [0.15, 0.2) is 5.82 Å². The molecule has 2 N–H and O–H groups in total.